The zero-order valence-electron chi connectivity index (χ0n) is 11.0. The summed E-state index contributed by atoms with van der Waals surface area (Å²) < 4.78 is 5.35. The number of hydrogen-bond donors (Lipinski definition) is 2. The first-order valence-corrected chi connectivity index (χ1v) is 6.11. The zero-order valence-corrected chi connectivity index (χ0v) is 11.0. The second-order valence-electron chi connectivity index (χ2n) is 4.17. The molecule has 0 aromatic heterocycles. The Hall–Kier alpha value is -1.66. The van der Waals surface area contributed by atoms with Crippen molar-refractivity contribution in [3.63, 3.8) is 0 Å². The molecule has 0 bridgehead atoms. The van der Waals surface area contributed by atoms with Gasteiger partial charge >= 0.3 is 7.12 Å². The Morgan fingerprint density at radius 3 is 2.53 bits per heavy atom. The number of carbonyl (C=O) groups is 2. The Kier molecular flexibility index (Phi) is 5.72. The van der Waals surface area contributed by atoms with Gasteiger partial charge in [-0.15, -0.1) is 0 Å². The number of hydrogen-bond acceptors (Lipinski definition) is 5. The van der Waals surface area contributed by atoms with E-state index in [0.717, 1.165) is 0 Å². The molecule has 1 aromatic carbocycles. The highest BCUT2D eigenvalue weighted by Crippen LogP contribution is 2.12. The quantitative estimate of drug-likeness (QED) is 0.547. The van der Waals surface area contributed by atoms with E-state index in [1.807, 2.05) is 0 Å². The fourth-order valence-corrected chi connectivity index (χ4v) is 1.62. The highest BCUT2D eigenvalue weighted by Gasteiger charge is 2.19. The van der Waals surface area contributed by atoms with Crippen molar-refractivity contribution in [1.82, 2.24) is 0 Å². The molecule has 0 spiro atoms. The van der Waals surface area contributed by atoms with Crippen molar-refractivity contribution in [1.29, 1.82) is 0 Å². The van der Waals surface area contributed by atoms with Crippen molar-refractivity contribution in [2.75, 3.05) is 6.61 Å². The van der Waals surface area contributed by atoms with E-state index in [1.54, 1.807) is 13.0 Å². The summed E-state index contributed by atoms with van der Waals surface area (Å²) in [5.74, 6) is 0.246. The summed E-state index contributed by atoms with van der Waals surface area (Å²) in [6.45, 7) is 3.36. The molecule has 6 heteroatoms. The van der Waals surface area contributed by atoms with Gasteiger partial charge in [-0.1, -0.05) is 6.92 Å². The molecule has 0 aliphatic carbocycles. The van der Waals surface area contributed by atoms with Crippen LogP contribution in [-0.2, 0) is 4.79 Å². The maximum atomic E-state index is 11.3. The van der Waals surface area contributed by atoms with Crippen LogP contribution in [0.15, 0.2) is 18.2 Å². The molecule has 0 aliphatic heterocycles. The predicted octanol–water partition coefficient (Wildman–Crippen LogP) is 0.317. The lowest BCUT2D eigenvalue weighted by Crippen LogP contribution is -2.34. The largest absolute Gasteiger partial charge is 0.493 e. The lowest BCUT2D eigenvalue weighted by atomic mass is 9.76. The molecule has 0 amide bonds. The Morgan fingerprint density at radius 1 is 1.32 bits per heavy atom. The van der Waals surface area contributed by atoms with Gasteiger partial charge in [0, 0.05) is 18.4 Å². The van der Waals surface area contributed by atoms with E-state index in [4.69, 9.17) is 4.74 Å². The van der Waals surface area contributed by atoms with Gasteiger partial charge in [-0.05, 0) is 30.6 Å². The summed E-state index contributed by atoms with van der Waals surface area (Å²) in [4.78, 5) is 22.4. The standard InChI is InChI=1S/C13H17BO5/c1-3-10(16)6-7-19-11-4-5-12(9(2)15)13(8-11)14(17)18/h4-5,8,17-18H,3,6-7H2,1-2H3. The fourth-order valence-electron chi connectivity index (χ4n) is 1.62. The summed E-state index contributed by atoms with van der Waals surface area (Å²) in [5.41, 5.74) is 0.346. The molecule has 1 aromatic rings. The predicted molar refractivity (Wildman–Crippen MR) is 71.7 cm³/mol. The first-order valence-electron chi connectivity index (χ1n) is 6.11. The minimum absolute atomic E-state index is 0.0998. The van der Waals surface area contributed by atoms with Crippen LogP contribution in [0.5, 0.6) is 5.75 Å². The van der Waals surface area contributed by atoms with Crippen LogP contribution < -0.4 is 10.2 Å². The number of rotatable bonds is 7. The van der Waals surface area contributed by atoms with Gasteiger partial charge in [-0.3, -0.25) is 9.59 Å². The molecule has 1 rings (SSSR count). The van der Waals surface area contributed by atoms with Gasteiger partial charge < -0.3 is 14.8 Å². The van der Waals surface area contributed by atoms with Gasteiger partial charge in [0.25, 0.3) is 0 Å². The Labute approximate surface area is 112 Å². The van der Waals surface area contributed by atoms with Crippen LogP contribution in [0.25, 0.3) is 0 Å². The molecule has 0 radical (unpaired) electrons. The Bertz CT molecular complexity index is 470. The lowest BCUT2D eigenvalue weighted by Gasteiger charge is -2.10. The van der Waals surface area contributed by atoms with Gasteiger partial charge in [0.15, 0.2) is 5.78 Å². The number of carbonyl (C=O) groups excluding carboxylic acids is 2. The normalized spacial score (nSPS) is 10.1. The van der Waals surface area contributed by atoms with Gasteiger partial charge in [-0.2, -0.15) is 0 Å². The second-order valence-corrected chi connectivity index (χ2v) is 4.17. The maximum absolute atomic E-state index is 11.3. The molecule has 19 heavy (non-hydrogen) atoms. The van der Waals surface area contributed by atoms with Crippen LogP contribution in [0, 0.1) is 0 Å². The molecule has 5 nitrogen and oxygen atoms in total. The third-order valence-corrected chi connectivity index (χ3v) is 2.72. The minimum Gasteiger partial charge on any atom is -0.493 e. The van der Waals surface area contributed by atoms with Gasteiger partial charge in [-0.25, -0.2) is 0 Å². The molecule has 0 heterocycles. The molecule has 0 unspecified atom stereocenters. The molecule has 2 N–H and O–H groups in total. The summed E-state index contributed by atoms with van der Waals surface area (Å²) in [5, 5.41) is 18.4. The van der Waals surface area contributed by atoms with Crippen molar-refractivity contribution >= 4 is 24.1 Å². The second kappa shape index (κ2) is 7.06. The number of benzene rings is 1. The SMILES string of the molecule is CCC(=O)CCOc1ccc(C(C)=O)c(B(O)O)c1. The van der Waals surface area contributed by atoms with Crippen molar-refractivity contribution in [3.05, 3.63) is 23.8 Å². The number of ketones is 2. The molecule has 0 fully saturated rings. The number of ether oxygens (including phenoxy) is 1. The van der Waals surface area contributed by atoms with E-state index in [1.165, 1.54) is 19.1 Å². The van der Waals surface area contributed by atoms with Crippen LogP contribution in [0.4, 0.5) is 0 Å². The van der Waals surface area contributed by atoms with Gasteiger partial charge in [0.1, 0.15) is 11.5 Å². The molecule has 102 valence electrons. The van der Waals surface area contributed by atoms with E-state index in [2.05, 4.69) is 0 Å². The third-order valence-electron chi connectivity index (χ3n) is 2.72. The highest BCUT2D eigenvalue weighted by molar-refractivity contribution is 6.60. The molecule has 0 saturated heterocycles. The average Bonchev–Trinajstić information content (AvgIpc) is 2.38. The first kappa shape index (κ1) is 15.4. The van der Waals surface area contributed by atoms with Crippen LogP contribution >= 0.6 is 0 Å². The molecule has 0 saturated carbocycles. The third kappa shape index (κ3) is 4.50. The van der Waals surface area contributed by atoms with Crippen molar-refractivity contribution in [2.45, 2.75) is 26.7 Å². The monoisotopic (exact) mass is 264 g/mol. The van der Waals surface area contributed by atoms with E-state index in [0.29, 0.717) is 18.6 Å². The summed E-state index contributed by atoms with van der Waals surface area (Å²) in [6.07, 6.45) is 0.773. The summed E-state index contributed by atoms with van der Waals surface area (Å²) in [6, 6.07) is 4.45. The average molecular weight is 264 g/mol. The highest BCUT2D eigenvalue weighted by atomic mass is 16.5. The zero-order chi connectivity index (χ0) is 14.4. The molecule has 0 aliphatic rings. The van der Waals surface area contributed by atoms with Crippen LogP contribution in [0.1, 0.15) is 37.0 Å². The van der Waals surface area contributed by atoms with Gasteiger partial charge in [0.2, 0.25) is 0 Å². The smallest absolute Gasteiger partial charge is 0.489 e. The lowest BCUT2D eigenvalue weighted by molar-refractivity contribution is -0.119. The number of Topliss-reactive ketones (excluding diaryl/α,β-unsaturated/α-hetero) is 2. The van der Waals surface area contributed by atoms with E-state index < -0.39 is 7.12 Å². The molecular formula is C13H17BO5. The van der Waals surface area contributed by atoms with Crippen LogP contribution in [0.2, 0.25) is 0 Å². The van der Waals surface area contributed by atoms with E-state index >= 15 is 0 Å². The van der Waals surface area contributed by atoms with Crippen molar-refractivity contribution in [2.24, 2.45) is 0 Å². The fraction of sp³-hybridized carbons (Fsp3) is 0.385. The Morgan fingerprint density at radius 2 is 2.00 bits per heavy atom. The van der Waals surface area contributed by atoms with E-state index in [9.17, 15) is 19.6 Å². The maximum Gasteiger partial charge on any atom is 0.489 e. The topological polar surface area (TPSA) is 83.8 Å². The van der Waals surface area contributed by atoms with Crippen molar-refractivity contribution in [3.8, 4) is 5.75 Å². The van der Waals surface area contributed by atoms with Gasteiger partial charge in [0.05, 0.1) is 6.61 Å². The molecule has 0 atom stereocenters. The minimum atomic E-state index is -1.74. The van der Waals surface area contributed by atoms with Crippen LogP contribution in [0.3, 0.4) is 0 Å². The first-order chi connectivity index (χ1) is 8.95. The van der Waals surface area contributed by atoms with Crippen LogP contribution in [-0.4, -0.2) is 35.3 Å². The Balaban J connectivity index is 2.78. The van der Waals surface area contributed by atoms with E-state index in [-0.39, 0.29) is 29.2 Å². The molecular weight excluding hydrogens is 247 g/mol. The summed E-state index contributed by atoms with van der Waals surface area (Å²) >= 11 is 0. The summed E-state index contributed by atoms with van der Waals surface area (Å²) in [7, 11) is -1.74. The van der Waals surface area contributed by atoms with Crippen molar-refractivity contribution < 1.29 is 24.4 Å².